The first-order valence-electron chi connectivity index (χ1n) is 10.4. The van der Waals surface area contributed by atoms with Crippen LogP contribution in [-0.4, -0.2) is 32.3 Å². The lowest BCUT2D eigenvalue weighted by Gasteiger charge is -2.31. The number of halogens is 2. The molecule has 0 amide bonds. The molecule has 0 N–H and O–H groups in total. The average Bonchev–Trinajstić information content (AvgIpc) is 3.07. The Labute approximate surface area is 186 Å². The van der Waals surface area contributed by atoms with Crippen molar-refractivity contribution >= 4 is 23.2 Å². The van der Waals surface area contributed by atoms with Crippen LogP contribution in [0.15, 0.2) is 53.3 Å². The van der Waals surface area contributed by atoms with Crippen molar-refractivity contribution in [1.29, 1.82) is 0 Å². The van der Waals surface area contributed by atoms with Gasteiger partial charge >= 0.3 is 5.69 Å². The molecule has 0 atom stereocenters. The van der Waals surface area contributed by atoms with Crippen molar-refractivity contribution in [2.24, 2.45) is 0 Å². The van der Waals surface area contributed by atoms with Crippen molar-refractivity contribution in [3.05, 3.63) is 86.0 Å². The van der Waals surface area contributed by atoms with Crippen LogP contribution in [0.4, 0.5) is 0 Å². The van der Waals surface area contributed by atoms with Crippen LogP contribution in [0.2, 0.25) is 10.0 Å². The van der Waals surface area contributed by atoms with Gasteiger partial charge in [0.15, 0.2) is 0 Å². The maximum absolute atomic E-state index is 12.9. The predicted octanol–water partition coefficient (Wildman–Crippen LogP) is 4.80. The molecule has 5 nitrogen and oxygen atoms in total. The fourth-order valence-corrected chi connectivity index (χ4v) is 4.48. The second kappa shape index (κ2) is 9.38. The highest BCUT2D eigenvalue weighted by atomic mass is 35.5. The van der Waals surface area contributed by atoms with Gasteiger partial charge in [-0.05, 0) is 56.1 Å². The number of piperidine rings is 1. The molecule has 0 unspecified atom stereocenters. The molecule has 1 aromatic heterocycles. The van der Waals surface area contributed by atoms with Gasteiger partial charge in [0.05, 0.1) is 16.6 Å². The van der Waals surface area contributed by atoms with E-state index in [1.807, 2.05) is 60.0 Å². The van der Waals surface area contributed by atoms with Gasteiger partial charge in [-0.3, -0.25) is 9.47 Å². The molecule has 158 valence electrons. The van der Waals surface area contributed by atoms with E-state index in [0.29, 0.717) is 29.1 Å². The van der Waals surface area contributed by atoms with Crippen LogP contribution in [0.5, 0.6) is 0 Å². The standard InChI is InChI=1S/C23H26Cl2N4O/c1-2-28-22(26-29(23(28)30)16-17-6-4-3-5-7-17)19-10-12-27(13-11-19)15-18-8-9-20(24)21(25)14-18/h3-9,14,19H,2,10-13,15-16H2,1H3. The lowest BCUT2D eigenvalue weighted by molar-refractivity contribution is 0.200. The molecule has 2 aromatic carbocycles. The molecular formula is C23H26Cl2N4O. The van der Waals surface area contributed by atoms with Crippen LogP contribution < -0.4 is 5.69 Å². The Morgan fingerprint density at radius 1 is 0.967 bits per heavy atom. The molecular weight excluding hydrogens is 419 g/mol. The molecule has 1 aliphatic rings. The third-order valence-corrected chi connectivity index (χ3v) is 6.52. The molecule has 7 heteroatoms. The van der Waals surface area contributed by atoms with E-state index >= 15 is 0 Å². The summed E-state index contributed by atoms with van der Waals surface area (Å²) in [6.07, 6.45) is 1.98. The van der Waals surface area contributed by atoms with E-state index in [1.165, 1.54) is 5.56 Å². The van der Waals surface area contributed by atoms with Crippen LogP contribution >= 0.6 is 23.2 Å². The maximum atomic E-state index is 12.9. The number of rotatable bonds is 6. The number of benzene rings is 2. The number of likely N-dealkylation sites (tertiary alicyclic amines) is 1. The van der Waals surface area contributed by atoms with Crippen LogP contribution in [0.25, 0.3) is 0 Å². The third-order valence-electron chi connectivity index (χ3n) is 5.79. The molecule has 0 spiro atoms. The van der Waals surface area contributed by atoms with Gasteiger partial charge in [-0.1, -0.05) is 59.6 Å². The normalized spacial score (nSPS) is 15.6. The highest BCUT2D eigenvalue weighted by Crippen LogP contribution is 2.28. The summed E-state index contributed by atoms with van der Waals surface area (Å²) in [6, 6.07) is 15.8. The Bertz CT molecular complexity index is 1050. The second-order valence-corrected chi connectivity index (χ2v) is 8.64. The van der Waals surface area contributed by atoms with E-state index in [0.717, 1.165) is 43.9 Å². The summed E-state index contributed by atoms with van der Waals surface area (Å²) in [5.41, 5.74) is 2.23. The van der Waals surface area contributed by atoms with Crippen LogP contribution in [-0.2, 0) is 19.6 Å². The van der Waals surface area contributed by atoms with E-state index in [1.54, 1.807) is 4.68 Å². The number of aromatic nitrogens is 3. The Balaban J connectivity index is 1.44. The van der Waals surface area contributed by atoms with E-state index in [9.17, 15) is 4.79 Å². The highest BCUT2D eigenvalue weighted by Gasteiger charge is 2.26. The van der Waals surface area contributed by atoms with Crippen LogP contribution in [0.1, 0.15) is 42.6 Å². The zero-order chi connectivity index (χ0) is 21.1. The summed E-state index contributed by atoms with van der Waals surface area (Å²) in [7, 11) is 0. The van der Waals surface area contributed by atoms with Crippen molar-refractivity contribution in [1.82, 2.24) is 19.2 Å². The van der Waals surface area contributed by atoms with E-state index in [-0.39, 0.29) is 5.69 Å². The maximum Gasteiger partial charge on any atom is 0.346 e. The van der Waals surface area contributed by atoms with Gasteiger partial charge in [0.1, 0.15) is 5.82 Å². The fraction of sp³-hybridized carbons (Fsp3) is 0.391. The molecule has 1 fully saturated rings. The lowest BCUT2D eigenvalue weighted by atomic mass is 9.95. The van der Waals surface area contributed by atoms with Crippen molar-refractivity contribution in [3.63, 3.8) is 0 Å². The minimum absolute atomic E-state index is 0.0189. The van der Waals surface area contributed by atoms with Gasteiger partial charge in [0.25, 0.3) is 0 Å². The van der Waals surface area contributed by atoms with Crippen LogP contribution in [0.3, 0.4) is 0 Å². The van der Waals surface area contributed by atoms with Gasteiger partial charge in [0, 0.05) is 19.0 Å². The SMILES string of the molecule is CCn1c(C2CCN(Cc3ccc(Cl)c(Cl)c3)CC2)nn(Cc2ccccc2)c1=O. The molecule has 0 saturated carbocycles. The Kier molecular flexibility index (Phi) is 6.61. The first-order chi connectivity index (χ1) is 14.5. The topological polar surface area (TPSA) is 43.1 Å². The monoisotopic (exact) mass is 444 g/mol. The summed E-state index contributed by atoms with van der Waals surface area (Å²) in [5, 5.41) is 5.93. The minimum atomic E-state index is -0.0189. The highest BCUT2D eigenvalue weighted by molar-refractivity contribution is 6.42. The molecule has 1 aliphatic heterocycles. The minimum Gasteiger partial charge on any atom is -0.299 e. The summed E-state index contributed by atoms with van der Waals surface area (Å²) >= 11 is 12.2. The molecule has 4 rings (SSSR count). The van der Waals surface area contributed by atoms with E-state index in [4.69, 9.17) is 28.3 Å². The number of hydrogen-bond acceptors (Lipinski definition) is 3. The zero-order valence-electron chi connectivity index (χ0n) is 17.1. The van der Waals surface area contributed by atoms with Gasteiger partial charge < -0.3 is 0 Å². The number of hydrogen-bond donors (Lipinski definition) is 0. The first-order valence-corrected chi connectivity index (χ1v) is 11.2. The quantitative estimate of drug-likeness (QED) is 0.548. The lowest BCUT2D eigenvalue weighted by Crippen LogP contribution is -2.33. The van der Waals surface area contributed by atoms with Crippen molar-refractivity contribution in [2.45, 2.75) is 45.3 Å². The van der Waals surface area contributed by atoms with Gasteiger partial charge in [0.2, 0.25) is 0 Å². The van der Waals surface area contributed by atoms with E-state index in [2.05, 4.69) is 4.90 Å². The van der Waals surface area contributed by atoms with Crippen LogP contribution in [0, 0.1) is 0 Å². The van der Waals surface area contributed by atoms with Gasteiger partial charge in [-0.15, -0.1) is 0 Å². The molecule has 2 heterocycles. The number of nitrogens with zero attached hydrogens (tertiary/aromatic N) is 4. The molecule has 0 radical (unpaired) electrons. The van der Waals surface area contributed by atoms with Gasteiger partial charge in [-0.2, -0.15) is 5.10 Å². The first kappa shape index (κ1) is 21.2. The summed E-state index contributed by atoms with van der Waals surface area (Å²) < 4.78 is 3.44. The van der Waals surface area contributed by atoms with Crippen molar-refractivity contribution in [3.8, 4) is 0 Å². The largest absolute Gasteiger partial charge is 0.346 e. The molecule has 3 aromatic rings. The van der Waals surface area contributed by atoms with Gasteiger partial charge in [-0.25, -0.2) is 9.48 Å². The fourth-order valence-electron chi connectivity index (χ4n) is 4.16. The summed E-state index contributed by atoms with van der Waals surface area (Å²) in [4.78, 5) is 15.3. The Morgan fingerprint density at radius 3 is 2.37 bits per heavy atom. The Morgan fingerprint density at radius 2 is 1.70 bits per heavy atom. The zero-order valence-corrected chi connectivity index (χ0v) is 18.6. The average molecular weight is 445 g/mol. The third kappa shape index (κ3) is 4.64. The Hall–Kier alpha value is -2.08. The summed E-state index contributed by atoms with van der Waals surface area (Å²) in [6.45, 7) is 5.95. The van der Waals surface area contributed by atoms with Crippen molar-refractivity contribution < 1.29 is 0 Å². The molecule has 0 bridgehead atoms. The van der Waals surface area contributed by atoms with E-state index < -0.39 is 0 Å². The molecule has 30 heavy (non-hydrogen) atoms. The van der Waals surface area contributed by atoms with Crippen molar-refractivity contribution in [2.75, 3.05) is 13.1 Å². The molecule has 0 aliphatic carbocycles. The molecule has 1 saturated heterocycles. The predicted molar refractivity (Wildman–Crippen MR) is 121 cm³/mol. The summed E-state index contributed by atoms with van der Waals surface area (Å²) in [5.74, 6) is 1.23. The smallest absolute Gasteiger partial charge is 0.299 e. The second-order valence-electron chi connectivity index (χ2n) is 7.83.